The molecule has 2 aliphatic heterocycles. The van der Waals surface area contributed by atoms with Gasteiger partial charge in [-0.15, -0.1) is 0 Å². The number of alkyl halides is 3. The maximum atomic E-state index is 13.5. The van der Waals surface area contributed by atoms with Crippen molar-refractivity contribution < 1.29 is 17.9 Å². The van der Waals surface area contributed by atoms with Crippen molar-refractivity contribution in [3.05, 3.63) is 0 Å². The van der Waals surface area contributed by atoms with Crippen LogP contribution in [0.25, 0.3) is 0 Å². The first kappa shape index (κ1) is 20.9. The van der Waals surface area contributed by atoms with Crippen LogP contribution in [0.2, 0.25) is 0 Å². The zero-order valence-electron chi connectivity index (χ0n) is 15.9. The highest BCUT2D eigenvalue weighted by molar-refractivity contribution is 4.85. The summed E-state index contributed by atoms with van der Waals surface area (Å²) in [6.45, 7) is 4.58. The summed E-state index contributed by atoms with van der Waals surface area (Å²) in [5, 5.41) is 0. The first-order valence-corrected chi connectivity index (χ1v) is 9.51. The van der Waals surface area contributed by atoms with Crippen molar-refractivity contribution in [2.24, 2.45) is 5.92 Å². The van der Waals surface area contributed by atoms with Crippen LogP contribution in [0.3, 0.4) is 0 Å². The van der Waals surface area contributed by atoms with E-state index in [0.717, 1.165) is 51.9 Å². The third kappa shape index (κ3) is 6.70. The Hall–Kier alpha value is -0.370. The summed E-state index contributed by atoms with van der Waals surface area (Å²) in [5.41, 5.74) is 0. The number of hydrogen-bond donors (Lipinski definition) is 0. The molecular formula is C18H34F3N3O. The van der Waals surface area contributed by atoms with Crippen LogP contribution in [0, 0.1) is 5.92 Å². The van der Waals surface area contributed by atoms with Gasteiger partial charge < -0.3 is 14.5 Å². The maximum absolute atomic E-state index is 13.5. The number of rotatable bonds is 7. The molecule has 2 aliphatic rings. The van der Waals surface area contributed by atoms with Gasteiger partial charge in [-0.25, -0.2) is 0 Å². The third-order valence-corrected chi connectivity index (χ3v) is 5.74. The molecule has 0 saturated carbocycles. The van der Waals surface area contributed by atoms with Crippen molar-refractivity contribution in [2.75, 3.05) is 60.5 Å². The van der Waals surface area contributed by atoms with Gasteiger partial charge in [0.05, 0.1) is 6.61 Å². The van der Waals surface area contributed by atoms with E-state index in [1.54, 1.807) is 11.9 Å². The van der Waals surface area contributed by atoms with E-state index in [-0.39, 0.29) is 19.1 Å². The lowest BCUT2D eigenvalue weighted by Gasteiger charge is -2.40. The van der Waals surface area contributed by atoms with Gasteiger partial charge in [0.25, 0.3) is 0 Å². The average Bonchev–Trinajstić information content (AvgIpc) is 2.54. The fraction of sp³-hybridized carbons (Fsp3) is 1.00. The lowest BCUT2D eigenvalue weighted by Crippen LogP contribution is -2.52. The SMILES string of the molecule is CN1CCC(N(C)C(CCOCC2CCCN(C)C2)C(F)(F)F)CC1. The number of hydrogen-bond acceptors (Lipinski definition) is 4. The number of piperidine rings is 2. The smallest absolute Gasteiger partial charge is 0.381 e. The van der Waals surface area contributed by atoms with Gasteiger partial charge in [0.2, 0.25) is 0 Å². The van der Waals surface area contributed by atoms with E-state index in [1.807, 2.05) is 7.05 Å². The van der Waals surface area contributed by atoms with E-state index >= 15 is 0 Å². The molecule has 2 atom stereocenters. The minimum atomic E-state index is -4.20. The van der Waals surface area contributed by atoms with Crippen LogP contribution in [-0.2, 0) is 4.74 Å². The van der Waals surface area contributed by atoms with Gasteiger partial charge in [-0.2, -0.15) is 13.2 Å². The second-order valence-electron chi connectivity index (χ2n) is 7.89. The molecule has 4 nitrogen and oxygen atoms in total. The van der Waals surface area contributed by atoms with Crippen LogP contribution in [0.4, 0.5) is 13.2 Å². The lowest BCUT2D eigenvalue weighted by molar-refractivity contribution is -0.192. The van der Waals surface area contributed by atoms with Crippen molar-refractivity contribution >= 4 is 0 Å². The monoisotopic (exact) mass is 365 g/mol. The van der Waals surface area contributed by atoms with E-state index in [0.29, 0.717) is 12.5 Å². The molecule has 2 rings (SSSR count). The van der Waals surface area contributed by atoms with Crippen molar-refractivity contribution in [1.29, 1.82) is 0 Å². The summed E-state index contributed by atoms with van der Waals surface area (Å²) in [7, 11) is 5.74. The number of halogens is 3. The molecule has 0 aliphatic carbocycles. The second kappa shape index (κ2) is 9.53. The lowest BCUT2D eigenvalue weighted by atomic mass is 9.99. The summed E-state index contributed by atoms with van der Waals surface area (Å²) in [4.78, 5) is 5.99. The van der Waals surface area contributed by atoms with Gasteiger partial charge >= 0.3 is 6.18 Å². The Morgan fingerprint density at radius 3 is 2.36 bits per heavy atom. The van der Waals surface area contributed by atoms with E-state index in [1.165, 1.54) is 0 Å². The summed E-state index contributed by atoms with van der Waals surface area (Å²) >= 11 is 0. The molecular weight excluding hydrogens is 331 g/mol. The average molecular weight is 365 g/mol. The van der Waals surface area contributed by atoms with Crippen LogP contribution < -0.4 is 0 Å². The molecule has 2 saturated heterocycles. The Labute approximate surface area is 150 Å². The molecule has 7 heteroatoms. The standard InChI is InChI=1S/C18H34F3N3O/c1-22-10-6-16(7-11-22)24(3)17(18(19,20)21)8-12-25-14-15-5-4-9-23(2)13-15/h15-17H,4-14H2,1-3H3. The molecule has 0 aromatic heterocycles. The molecule has 148 valence electrons. The largest absolute Gasteiger partial charge is 0.404 e. The molecule has 2 unspecified atom stereocenters. The van der Waals surface area contributed by atoms with Crippen LogP contribution >= 0.6 is 0 Å². The van der Waals surface area contributed by atoms with Gasteiger partial charge in [0.1, 0.15) is 6.04 Å². The Balaban J connectivity index is 1.77. The van der Waals surface area contributed by atoms with Crippen LogP contribution in [0.5, 0.6) is 0 Å². The summed E-state index contributed by atoms with van der Waals surface area (Å²) < 4.78 is 46.2. The number of nitrogens with zero attached hydrogens (tertiary/aromatic N) is 3. The highest BCUT2D eigenvalue weighted by atomic mass is 19.4. The molecule has 0 bridgehead atoms. The van der Waals surface area contributed by atoms with Crippen LogP contribution in [-0.4, -0.2) is 93.5 Å². The molecule has 0 aromatic carbocycles. The predicted molar refractivity (Wildman–Crippen MR) is 93.8 cm³/mol. The van der Waals surface area contributed by atoms with Gasteiger partial charge in [-0.3, -0.25) is 4.90 Å². The normalized spacial score (nSPS) is 26.3. The van der Waals surface area contributed by atoms with E-state index in [4.69, 9.17) is 4.74 Å². The topological polar surface area (TPSA) is 19.0 Å². The Bertz CT molecular complexity index is 386. The highest BCUT2D eigenvalue weighted by Gasteiger charge is 2.44. The molecule has 0 amide bonds. The van der Waals surface area contributed by atoms with Crippen LogP contribution in [0.15, 0.2) is 0 Å². The van der Waals surface area contributed by atoms with Crippen molar-refractivity contribution in [3.63, 3.8) is 0 Å². The zero-order chi connectivity index (χ0) is 18.4. The molecule has 2 fully saturated rings. The Morgan fingerprint density at radius 2 is 1.76 bits per heavy atom. The second-order valence-corrected chi connectivity index (χ2v) is 7.89. The van der Waals surface area contributed by atoms with E-state index in [2.05, 4.69) is 16.8 Å². The number of ether oxygens (including phenoxy) is 1. The first-order valence-electron chi connectivity index (χ1n) is 9.51. The number of likely N-dealkylation sites (tertiary alicyclic amines) is 2. The quantitative estimate of drug-likeness (QED) is 0.646. The summed E-state index contributed by atoms with van der Waals surface area (Å²) in [6, 6.07) is -1.40. The Kier molecular flexibility index (Phi) is 7.98. The van der Waals surface area contributed by atoms with Crippen molar-refractivity contribution in [1.82, 2.24) is 14.7 Å². The predicted octanol–water partition coefficient (Wildman–Crippen LogP) is 2.69. The molecule has 0 N–H and O–H groups in total. The summed E-state index contributed by atoms with van der Waals surface area (Å²) in [6.07, 6.45) is -0.317. The molecule has 0 aromatic rings. The fourth-order valence-electron chi connectivity index (χ4n) is 4.11. The minimum Gasteiger partial charge on any atom is -0.381 e. The maximum Gasteiger partial charge on any atom is 0.404 e. The van der Waals surface area contributed by atoms with E-state index < -0.39 is 12.2 Å². The van der Waals surface area contributed by atoms with Gasteiger partial charge in [-0.1, -0.05) is 0 Å². The highest BCUT2D eigenvalue weighted by Crippen LogP contribution is 2.30. The molecule has 2 heterocycles. The van der Waals surface area contributed by atoms with Crippen LogP contribution in [0.1, 0.15) is 32.1 Å². The molecule has 0 radical (unpaired) electrons. The van der Waals surface area contributed by atoms with Gasteiger partial charge in [-0.05, 0) is 78.8 Å². The van der Waals surface area contributed by atoms with Gasteiger partial charge in [0, 0.05) is 19.2 Å². The minimum absolute atomic E-state index is 0.00909. The third-order valence-electron chi connectivity index (χ3n) is 5.74. The Morgan fingerprint density at radius 1 is 1.08 bits per heavy atom. The van der Waals surface area contributed by atoms with Crippen molar-refractivity contribution in [2.45, 2.75) is 50.4 Å². The summed E-state index contributed by atoms with van der Waals surface area (Å²) in [5.74, 6) is 0.453. The first-order chi connectivity index (χ1) is 11.8. The van der Waals surface area contributed by atoms with Gasteiger partial charge in [0.15, 0.2) is 0 Å². The molecule has 0 spiro atoms. The van der Waals surface area contributed by atoms with Crippen molar-refractivity contribution in [3.8, 4) is 0 Å². The fourth-order valence-corrected chi connectivity index (χ4v) is 4.11. The van der Waals surface area contributed by atoms with E-state index in [9.17, 15) is 13.2 Å². The zero-order valence-corrected chi connectivity index (χ0v) is 15.9. The molecule has 25 heavy (non-hydrogen) atoms.